The highest BCUT2D eigenvalue weighted by Crippen LogP contribution is 2.15. The molecule has 1 saturated heterocycles. The second-order valence-corrected chi connectivity index (χ2v) is 6.02. The fourth-order valence-electron chi connectivity index (χ4n) is 2.36. The van der Waals surface area contributed by atoms with Crippen molar-refractivity contribution in [1.82, 2.24) is 15.5 Å². The molecule has 2 rings (SSSR count). The molecule has 0 spiro atoms. The highest BCUT2D eigenvalue weighted by Gasteiger charge is 2.15. The van der Waals surface area contributed by atoms with Crippen LogP contribution in [0.1, 0.15) is 5.56 Å². The number of piperazine rings is 1. The zero-order chi connectivity index (χ0) is 13.7. The minimum Gasteiger partial charge on any atom is -0.315 e. The zero-order valence-electron chi connectivity index (χ0n) is 11.3. The van der Waals surface area contributed by atoms with Gasteiger partial charge in [0.2, 0.25) is 0 Å². The molecule has 1 aliphatic heterocycles. The molecular formula is C14H21BrFN3. The molecule has 0 aliphatic carbocycles. The Morgan fingerprint density at radius 1 is 1.53 bits per heavy atom. The van der Waals surface area contributed by atoms with Crippen LogP contribution in [-0.4, -0.2) is 50.7 Å². The smallest absolute Gasteiger partial charge is 0.126 e. The molecule has 0 aromatic heterocycles. The Labute approximate surface area is 122 Å². The molecule has 2 N–H and O–H groups in total. The number of nitrogens with zero attached hydrogens (tertiary/aromatic N) is 1. The van der Waals surface area contributed by atoms with Gasteiger partial charge in [0.25, 0.3) is 0 Å². The molecule has 0 amide bonds. The van der Waals surface area contributed by atoms with Gasteiger partial charge in [-0.15, -0.1) is 0 Å². The van der Waals surface area contributed by atoms with Gasteiger partial charge in [0.15, 0.2) is 0 Å². The topological polar surface area (TPSA) is 27.3 Å². The van der Waals surface area contributed by atoms with Crippen LogP contribution < -0.4 is 10.6 Å². The molecule has 1 fully saturated rings. The first-order valence-electron chi connectivity index (χ1n) is 6.72. The van der Waals surface area contributed by atoms with Crippen molar-refractivity contribution in [3.05, 3.63) is 34.1 Å². The Hall–Kier alpha value is -0.490. The number of nitrogens with one attached hydrogen (secondary N) is 2. The molecule has 19 heavy (non-hydrogen) atoms. The predicted octanol–water partition coefficient (Wildman–Crippen LogP) is 1.62. The quantitative estimate of drug-likeness (QED) is 0.804. The highest BCUT2D eigenvalue weighted by atomic mass is 79.9. The maximum atomic E-state index is 13.5. The van der Waals surface area contributed by atoms with Crippen molar-refractivity contribution in [3.63, 3.8) is 0 Å². The molecule has 1 aromatic rings. The van der Waals surface area contributed by atoms with Gasteiger partial charge in [0, 0.05) is 36.7 Å². The Balaban J connectivity index is 1.70. The van der Waals surface area contributed by atoms with E-state index in [1.54, 1.807) is 6.07 Å². The molecule has 1 aliphatic rings. The summed E-state index contributed by atoms with van der Waals surface area (Å²) in [7, 11) is 2.14. The van der Waals surface area contributed by atoms with Crippen LogP contribution in [0.3, 0.4) is 0 Å². The van der Waals surface area contributed by atoms with Crippen LogP contribution in [0.25, 0.3) is 0 Å². The van der Waals surface area contributed by atoms with Crippen LogP contribution in [0.15, 0.2) is 22.7 Å². The lowest BCUT2D eigenvalue weighted by atomic mass is 10.1. The van der Waals surface area contributed by atoms with Crippen molar-refractivity contribution in [1.29, 1.82) is 0 Å². The standard InChI is InChI=1S/C14H21BrFN3/c1-19-7-6-18-13(10-19)9-17-5-4-11-8-12(15)2-3-14(11)16/h2-3,8,13,17-18H,4-7,9-10H2,1H3. The average molecular weight is 330 g/mol. The summed E-state index contributed by atoms with van der Waals surface area (Å²) >= 11 is 3.37. The number of hydrogen-bond acceptors (Lipinski definition) is 3. The normalized spacial score (nSPS) is 20.7. The van der Waals surface area contributed by atoms with Gasteiger partial charge >= 0.3 is 0 Å². The first-order valence-corrected chi connectivity index (χ1v) is 7.51. The van der Waals surface area contributed by atoms with Crippen molar-refractivity contribution in [2.24, 2.45) is 0 Å². The third-order valence-electron chi connectivity index (χ3n) is 3.43. The van der Waals surface area contributed by atoms with Gasteiger partial charge in [-0.2, -0.15) is 0 Å². The maximum absolute atomic E-state index is 13.5. The second-order valence-electron chi connectivity index (χ2n) is 5.10. The van der Waals surface area contributed by atoms with Crippen molar-refractivity contribution < 1.29 is 4.39 Å². The second kappa shape index (κ2) is 7.33. The lowest BCUT2D eigenvalue weighted by Crippen LogP contribution is -2.53. The van der Waals surface area contributed by atoms with Gasteiger partial charge in [-0.05, 0) is 43.8 Å². The number of hydrogen-bond donors (Lipinski definition) is 2. The SMILES string of the molecule is CN1CCNC(CNCCc2cc(Br)ccc2F)C1. The van der Waals surface area contributed by atoms with Gasteiger partial charge in [-0.25, -0.2) is 4.39 Å². The summed E-state index contributed by atoms with van der Waals surface area (Å²) in [6.07, 6.45) is 0.716. The third-order valence-corrected chi connectivity index (χ3v) is 3.92. The lowest BCUT2D eigenvalue weighted by molar-refractivity contribution is 0.235. The van der Waals surface area contributed by atoms with Crippen LogP contribution in [0.2, 0.25) is 0 Å². The summed E-state index contributed by atoms with van der Waals surface area (Å²) in [6.45, 7) is 4.95. The molecule has 0 saturated carbocycles. The molecule has 106 valence electrons. The first-order chi connectivity index (χ1) is 9.15. The van der Waals surface area contributed by atoms with E-state index in [2.05, 4.69) is 38.5 Å². The van der Waals surface area contributed by atoms with E-state index >= 15 is 0 Å². The van der Waals surface area contributed by atoms with E-state index in [4.69, 9.17) is 0 Å². The van der Waals surface area contributed by atoms with Crippen LogP contribution in [0.5, 0.6) is 0 Å². The molecule has 3 nitrogen and oxygen atoms in total. The number of likely N-dealkylation sites (N-methyl/N-ethyl adjacent to an activating group) is 1. The predicted molar refractivity (Wildman–Crippen MR) is 80.0 cm³/mol. The van der Waals surface area contributed by atoms with Gasteiger partial charge in [-0.3, -0.25) is 0 Å². The largest absolute Gasteiger partial charge is 0.315 e. The lowest BCUT2D eigenvalue weighted by Gasteiger charge is -2.31. The third kappa shape index (κ3) is 4.84. The van der Waals surface area contributed by atoms with Crippen molar-refractivity contribution in [2.45, 2.75) is 12.5 Å². The molecule has 1 aromatic carbocycles. The van der Waals surface area contributed by atoms with Crippen LogP contribution in [0, 0.1) is 5.82 Å². The Morgan fingerprint density at radius 3 is 3.16 bits per heavy atom. The monoisotopic (exact) mass is 329 g/mol. The summed E-state index contributed by atoms with van der Waals surface area (Å²) in [5, 5.41) is 6.88. The summed E-state index contributed by atoms with van der Waals surface area (Å²) in [5.74, 6) is -0.125. The van der Waals surface area contributed by atoms with E-state index < -0.39 is 0 Å². The minimum atomic E-state index is -0.125. The zero-order valence-corrected chi connectivity index (χ0v) is 12.8. The van der Waals surface area contributed by atoms with E-state index in [0.29, 0.717) is 12.5 Å². The van der Waals surface area contributed by atoms with Crippen LogP contribution in [-0.2, 0) is 6.42 Å². The number of rotatable bonds is 5. The van der Waals surface area contributed by atoms with Crippen molar-refractivity contribution in [3.8, 4) is 0 Å². The summed E-state index contributed by atoms with van der Waals surface area (Å²) in [6, 6.07) is 5.58. The van der Waals surface area contributed by atoms with E-state index in [1.807, 2.05) is 6.07 Å². The fourth-order valence-corrected chi connectivity index (χ4v) is 2.77. The van der Waals surface area contributed by atoms with Gasteiger partial charge < -0.3 is 15.5 Å². The number of benzene rings is 1. The van der Waals surface area contributed by atoms with Gasteiger partial charge in [0.05, 0.1) is 0 Å². The Bertz CT molecular complexity index is 414. The Morgan fingerprint density at radius 2 is 2.37 bits per heavy atom. The van der Waals surface area contributed by atoms with Gasteiger partial charge in [0.1, 0.15) is 5.82 Å². The maximum Gasteiger partial charge on any atom is 0.126 e. The molecule has 0 radical (unpaired) electrons. The van der Waals surface area contributed by atoms with Crippen molar-refractivity contribution >= 4 is 15.9 Å². The van der Waals surface area contributed by atoms with Gasteiger partial charge in [-0.1, -0.05) is 15.9 Å². The fraction of sp³-hybridized carbons (Fsp3) is 0.571. The Kier molecular flexibility index (Phi) is 5.76. The first kappa shape index (κ1) is 14.9. The summed E-state index contributed by atoms with van der Waals surface area (Å²) < 4.78 is 14.5. The average Bonchev–Trinajstić information content (AvgIpc) is 2.39. The molecule has 5 heteroatoms. The van der Waals surface area contributed by atoms with E-state index in [9.17, 15) is 4.39 Å². The number of halogens is 2. The molecule has 1 heterocycles. The highest BCUT2D eigenvalue weighted by molar-refractivity contribution is 9.10. The van der Waals surface area contributed by atoms with Crippen LogP contribution in [0.4, 0.5) is 4.39 Å². The summed E-state index contributed by atoms with van der Waals surface area (Å²) in [5.41, 5.74) is 0.760. The van der Waals surface area contributed by atoms with E-state index in [1.165, 1.54) is 6.07 Å². The molecule has 0 bridgehead atoms. The van der Waals surface area contributed by atoms with E-state index in [-0.39, 0.29) is 5.82 Å². The molecule has 1 unspecified atom stereocenters. The van der Waals surface area contributed by atoms with Crippen LogP contribution >= 0.6 is 15.9 Å². The molecule has 1 atom stereocenters. The summed E-state index contributed by atoms with van der Waals surface area (Å²) in [4.78, 5) is 2.33. The minimum absolute atomic E-state index is 0.125. The van der Waals surface area contributed by atoms with Crippen molar-refractivity contribution in [2.75, 3.05) is 39.8 Å². The molecular weight excluding hydrogens is 309 g/mol. The van der Waals surface area contributed by atoms with E-state index in [0.717, 1.165) is 42.8 Å².